The fourth-order valence-corrected chi connectivity index (χ4v) is 3.83. The Labute approximate surface area is 180 Å². The van der Waals surface area contributed by atoms with Crippen molar-refractivity contribution in [3.63, 3.8) is 0 Å². The van der Waals surface area contributed by atoms with Crippen molar-refractivity contribution < 1.29 is 14.3 Å². The molecule has 2 atom stereocenters. The molecule has 2 unspecified atom stereocenters. The van der Waals surface area contributed by atoms with Crippen molar-refractivity contribution >= 4 is 41.8 Å². The zero-order chi connectivity index (χ0) is 18.9. The van der Waals surface area contributed by atoms with Crippen LogP contribution < -0.4 is 10.6 Å². The summed E-state index contributed by atoms with van der Waals surface area (Å²) in [5.41, 5.74) is 0. The number of nitrogens with zero attached hydrogens (tertiary/aromatic N) is 2. The molecule has 1 saturated heterocycles. The summed E-state index contributed by atoms with van der Waals surface area (Å²) in [6.07, 6.45) is 6.29. The van der Waals surface area contributed by atoms with Crippen LogP contribution in [-0.4, -0.2) is 62.1 Å². The zero-order valence-corrected chi connectivity index (χ0v) is 19.2. The van der Waals surface area contributed by atoms with Gasteiger partial charge < -0.3 is 20.3 Å². The SMILES string of the molecule is CCNC(=NCCC(=O)NC1CCCCC1)N1CC(C)C(C(=O)OC)C1.I. The number of ether oxygens (including phenoxy) is 1. The van der Waals surface area contributed by atoms with Crippen LogP contribution in [-0.2, 0) is 14.3 Å². The van der Waals surface area contributed by atoms with E-state index in [0.29, 0.717) is 25.6 Å². The van der Waals surface area contributed by atoms with Crippen molar-refractivity contribution in [1.82, 2.24) is 15.5 Å². The van der Waals surface area contributed by atoms with Gasteiger partial charge in [-0.2, -0.15) is 0 Å². The number of carbonyl (C=O) groups is 2. The van der Waals surface area contributed by atoms with Gasteiger partial charge in [0, 0.05) is 32.1 Å². The third kappa shape index (κ3) is 7.46. The molecule has 156 valence electrons. The Kier molecular flexibility index (Phi) is 11.0. The molecule has 2 N–H and O–H groups in total. The number of amides is 1. The van der Waals surface area contributed by atoms with Gasteiger partial charge in [0.25, 0.3) is 0 Å². The van der Waals surface area contributed by atoms with Gasteiger partial charge in [0.05, 0.1) is 19.6 Å². The van der Waals surface area contributed by atoms with E-state index in [2.05, 4.69) is 27.4 Å². The largest absolute Gasteiger partial charge is 0.469 e. The van der Waals surface area contributed by atoms with Crippen molar-refractivity contribution in [2.45, 2.75) is 58.4 Å². The first kappa shape index (κ1) is 24.0. The fourth-order valence-electron chi connectivity index (χ4n) is 3.83. The van der Waals surface area contributed by atoms with Crippen molar-refractivity contribution in [3.8, 4) is 0 Å². The Morgan fingerprint density at radius 2 is 1.89 bits per heavy atom. The van der Waals surface area contributed by atoms with Gasteiger partial charge in [-0.3, -0.25) is 14.6 Å². The minimum absolute atomic E-state index is 0. The molecule has 27 heavy (non-hydrogen) atoms. The summed E-state index contributed by atoms with van der Waals surface area (Å²) in [6, 6.07) is 0.341. The summed E-state index contributed by atoms with van der Waals surface area (Å²) in [7, 11) is 1.43. The first-order valence-corrected chi connectivity index (χ1v) is 9.95. The van der Waals surface area contributed by atoms with Crippen molar-refractivity contribution in [2.24, 2.45) is 16.8 Å². The molecule has 1 aliphatic carbocycles. The van der Waals surface area contributed by atoms with Crippen LogP contribution in [0.1, 0.15) is 52.4 Å². The molecule has 1 heterocycles. The van der Waals surface area contributed by atoms with Crippen LogP contribution in [0.2, 0.25) is 0 Å². The van der Waals surface area contributed by atoms with Gasteiger partial charge >= 0.3 is 5.97 Å². The zero-order valence-electron chi connectivity index (χ0n) is 16.8. The van der Waals surface area contributed by atoms with Crippen molar-refractivity contribution in [1.29, 1.82) is 0 Å². The van der Waals surface area contributed by atoms with Crippen LogP contribution in [0.15, 0.2) is 4.99 Å². The summed E-state index contributed by atoms with van der Waals surface area (Å²) in [5.74, 6) is 0.789. The van der Waals surface area contributed by atoms with E-state index in [1.807, 2.05) is 6.92 Å². The minimum Gasteiger partial charge on any atom is -0.469 e. The molecule has 2 rings (SSSR count). The maximum Gasteiger partial charge on any atom is 0.310 e. The van der Waals surface area contributed by atoms with Gasteiger partial charge in [-0.25, -0.2) is 0 Å². The number of hydrogen-bond acceptors (Lipinski definition) is 4. The van der Waals surface area contributed by atoms with E-state index in [4.69, 9.17) is 4.74 Å². The van der Waals surface area contributed by atoms with E-state index in [-0.39, 0.29) is 47.7 Å². The van der Waals surface area contributed by atoms with Crippen molar-refractivity contribution in [2.75, 3.05) is 33.3 Å². The van der Waals surface area contributed by atoms with Gasteiger partial charge in [0.15, 0.2) is 5.96 Å². The highest BCUT2D eigenvalue weighted by Gasteiger charge is 2.36. The summed E-state index contributed by atoms with van der Waals surface area (Å²) in [4.78, 5) is 30.7. The Bertz CT molecular complexity index is 509. The Morgan fingerprint density at radius 3 is 2.52 bits per heavy atom. The molecule has 2 fully saturated rings. The second-order valence-corrected chi connectivity index (χ2v) is 7.40. The van der Waals surface area contributed by atoms with E-state index in [1.54, 1.807) is 0 Å². The number of guanidine groups is 1. The second kappa shape index (κ2) is 12.4. The number of likely N-dealkylation sites (tertiary alicyclic amines) is 1. The number of halogens is 1. The van der Waals surface area contributed by atoms with Gasteiger partial charge in [-0.15, -0.1) is 24.0 Å². The molecule has 0 aromatic carbocycles. The maximum atomic E-state index is 12.1. The second-order valence-electron chi connectivity index (χ2n) is 7.40. The third-order valence-electron chi connectivity index (χ3n) is 5.32. The molecule has 1 saturated carbocycles. The van der Waals surface area contributed by atoms with E-state index in [1.165, 1.54) is 26.4 Å². The van der Waals surface area contributed by atoms with Crippen LogP contribution in [0.4, 0.5) is 0 Å². The fraction of sp³-hybridized carbons (Fsp3) is 0.842. The predicted octanol–water partition coefficient (Wildman–Crippen LogP) is 2.15. The number of hydrogen-bond donors (Lipinski definition) is 2. The van der Waals surface area contributed by atoms with Crippen LogP contribution in [0.5, 0.6) is 0 Å². The molecule has 2 aliphatic rings. The van der Waals surface area contributed by atoms with Gasteiger partial charge in [0.1, 0.15) is 0 Å². The molecule has 0 radical (unpaired) electrons. The van der Waals surface area contributed by atoms with Crippen LogP contribution in [0.3, 0.4) is 0 Å². The van der Waals surface area contributed by atoms with E-state index in [0.717, 1.165) is 31.9 Å². The molecule has 0 spiro atoms. The average Bonchev–Trinajstić information content (AvgIpc) is 3.03. The lowest BCUT2D eigenvalue weighted by molar-refractivity contribution is -0.146. The number of esters is 1. The third-order valence-corrected chi connectivity index (χ3v) is 5.32. The van der Waals surface area contributed by atoms with Gasteiger partial charge in [-0.05, 0) is 25.7 Å². The predicted molar refractivity (Wildman–Crippen MR) is 117 cm³/mol. The number of nitrogens with one attached hydrogen (secondary N) is 2. The molecule has 1 aliphatic heterocycles. The monoisotopic (exact) mass is 494 g/mol. The molecular weight excluding hydrogens is 459 g/mol. The molecule has 7 nitrogen and oxygen atoms in total. The minimum atomic E-state index is -0.164. The number of aliphatic imine (C=N–C) groups is 1. The topological polar surface area (TPSA) is 83.0 Å². The molecule has 0 bridgehead atoms. The van der Waals surface area contributed by atoms with Crippen LogP contribution in [0.25, 0.3) is 0 Å². The smallest absolute Gasteiger partial charge is 0.310 e. The van der Waals surface area contributed by atoms with Gasteiger partial charge in [0.2, 0.25) is 5.91 Å². The Balaban J connectivity index is 0.00000364. The summed E-state index contributed by atoms with van der Waals surface area (Å²) in [5, 5.41) is 6.40. The van der Waals surface area contributed by atoms with Crippen molar-refractivity contribution in [3.05, 3.63) is 0 Å². The molecule has 0 aromatic heterocycles. The molecule has 8 heteroatoms. The lowest BCUT2D eigenvalue weighted by Crippen LogP contribution is -2.41. The number of methoxy groups -OCH3 is 1. The highest BCUT2D eigenvalue weighted by molar-refractivity contribution is 14.0. The van der Waals surface area contributed by atoms with Gasteiger partial charge in [-0.1, -0.05) is 26.2 Å². The summed E-state index contributed by atoms with van der Waals surface area (Å²) < 4.78 is 4.90. The first-order valence-electron chi connectivity index (χ1n) is 9.95. The standard InChI is InChI=1S/C19H34N4O3.HI/c1-4-20-19(23-12-14(2)16(13-23)18(25)26-3)21-11-10-17(24)22-15-8-6-5-7-9-15;/h14-16H,4-13H2,1-3H3,(H,20,21)(H,22,24);1H. The van der Waals surface area contributed by atoms with Crippen LogP contribution in [0, 0.1) is 11.8 Å². The molecular formula is C19H35IN4O3. The highest BCUT2D eigenvalue weighted by atomic mass is 127. The normalized spacial score (nSPS) is 23.5. The first-order chi connectivity index (χ1) is 12.5. The quantitative estimate of drug-likeness (QED) is 0.256. The lowest BCUT2D eigenvalue weighted by atomic mass is 9.95. The number of carbonyl (C=O) groups excluding carboxylic acids is 2. The van der Waals surface area contributed by atoms with E-state index >= 15 is 0 Å². The van der Waals surface area contributed by atoms with E-state index in [9.17, 15) is 9.59 Å². The van der Waals surface area contributed by atoms with Crippen LogP contribution >= 0.6 is 24.0 Å². The average molecular weight is 494 g/mol. The maximum absolute atomic E-state index is 12.1. The Hall–Kier alpha value is -1.06. The molecule has 0 aromatic rings. The summed E-state index contributed by atoms with van der Waals surface area (Å²) in [6.45, 7) is 6.65. The highest BCUT2D eigenvalue weighted by Crippen LogP contribution is 2.24. The van der Waals surface area contributed by atoms with E-state index < -0.39 is 0 Å². The summed E-state index contributed by atoms with van der Waals surface area (Å²) >= 11 is 0. The Morgan fingerprint density at radius 1 is 1.19 bits per heavy atom. The number of rotatable bonds is 6. The molecule has 1 amide bonds. The lowest BCUT2D eigenvalue weighted by Gasteiger charge is -2.23.